The number of benzene rings is 1. The quantitative estimate of drug-likeness (QED) is 0.656. The molecule has 1 aromatic carbocycles. The van der Waals surface area contributed by atoms with Crippen LogP contribution in [0, 0.1) is 11.3 Å². The highest BCUT2D eigenvalue weighted by atomic mass is 16.5. The average molecular weight is 380 g/mol. The van der Waals surface area contributed by atoms with Crippen LogP contribution >= 0.6 is 0 Å². The van der Waals surface area contributed by atoms with Crippen molar-refractivity contribution >= 4 is 5.96 Å². The van der Waals surface area contributed by atoms with Gasteiger partial charge in [-0.15, -0.1) is 0 Å². The molecule has 6 nitrogen and oxygen atoms in total. The van der Waals surface area contributed by atoms with Crippen LogP contribution in [0.4, 0.5) is 0 Å². The van der Waals surface area contributed by atoms with Crippen molar-refractivity contribution in [1.82, 2.24) is 20.0 Å². The Hall–Kier alpha value is -2.34. The Morgan fingerprint density at radius 2 is 2.18 bits per heavy atom. The third-order valence-corrected chi connectivity index (χ3v) is 6.97. The highest BCUT2D eigenvalue weighted by molar-refractivity contribution is 5.80. The van der Waals surface area contributed by atoms with Crippen LogP contribution in [0.3, 0.4) is 0 Å². The van der Waals surface area contributed by atoms with Crippen LogP contribution < -0.4 is 5.32 Å². The van der Waals surface area contributed by atoms with Gasteiger partial charge < -0.3 is 15.0 Å². The van der Waals surface area contributed by atoms with E-state index in [1.54, 1.807) is 0 Å². The Balaban J connectivity index is 1.26. The zero-order valence-corrected chi connectivity index (χ0v) is 16.7. The van der Waals surface area contributed by atoms with Gasteiger partial charge in [0.2, 0.25) is 0 Å². The minimum absolute atomic E-state index is 0.357. The number of guanidine groups is 1. The molecule has 6 heteroatoms. The zero-order valence-electron chi connectivity index (χ0n) is 16.7. The van der Waals surface area contributed by atoms with E-state index < -0.39 is 0 Å². The molecule has 3 aliphatic rings. The first kappa shape index (κ1) is 17.7. The lowest BCUT2D eigenvalue weighted by atomic mass is 9.46. The topological polar surface area (TPSA) is 54.7 Å². The summed E-state index contributed by atoms with van der Waals surface area (Å²) in [5.41, 5.74) is 2.60. The molecule has 1 aliphatic heterocycles. The van der Waals surface area contributed by atoms with Gasteiger partial charge in [-0.05, 0) is 31.4 Å². The third-order valence-electron chi connectivity index (χ3n) is 6.97. The molecule has 1 saturated heterocycles. The van der Waals surface area contributed by atoms with E-state index in [9.17, 15) is 0 Å². The molecule has 1 spiro atoms. The number of fused-ring (bicyclic) bond motifs is 2. The maximum Gasteiger partial charge on any atom is 0.193 e. The van der Waals surface area contributed by atoms with Gasteiger partial charge >= 0.3 is 0 Å². The molecule has 2 heterocycles. The van der Waals surface area contributed by atoms with Crippen molar-refractivity contribution in [3.8, 4) is 5.69 Å². The molecular weight excluding hydrogens is 350 g/mol. The molecule has 0 amide bonds. The van der Waals surface area contributed by atoms with Crippen LogP contribution in [-0.2, 0) is 11.3 Å². The summed E-state index contributed by atoms with van der Waals surface area (Å²) in [7, 11) is 3.98. The Labute approximate surface area is 166 Å². The summed E-state index contributed by atoms with van der Waals surface area (Å²) >= 11 is 0. The van der Waals surface area contributed by atoms with Crippen molar-refractivity contribution in [2.75, 3.05) is 20.7 Å². The predicted octanol–water partition coefficient (Wildman–Crippen LogP) is 2.84. The van der Waals surface area contributed by atoms with Gasteiger partial charge in [0, 0.05) is 56.4 Å². The van der Waals surface area contributed by atoms with Crippen LogP contribution in [0.25, 0.3) is 5.69 Å². The van der Waals surface area contributed by atoms with E-state index in [1.165, 1.54) is 31.2 Å². The fourth-order valence-corrected chi connectivity index (χ4v) is 5.45. The molecule has 3 unspecified atom stereocenters. The maximum absolute atomic E-state index is 6.05. The lowest BCUT2D eigenvalue weighted by molar-refractivity contribution is -0.171. The molecule has 2 saturated carbocycles. The lowest BCUT2D eigenvalue weighted by Crippen LogP contribution is -2.72. The number of hydrogen-bond acceptors (Lipinski definition) is 3. The molecule has 1 N–H and O–H groups in total. The van der Waals surface area contributed by atoms with Gasteiger partial charge in [0.05, 0.1) is 18.0 Å². The number of aliphatic imine (C=N–C) groups is 1. The monoisotopic (exact) mass is 379 g/mol. The highest BCUT2D eigenvalue weighted by Gasteiger charge is 2.66. The summed E-state index contributed by atoms with van der Waals surface area (Å²) in [6, 6.07) is 10.7. The first-order valence-corrected chi connectivity index (χ1v) is 10.4. The Morgan fingerprint density at radius 1 is 1.36 bits per heavy atom. The van der Waals surface area contributed by atoms with E-state index in [0.29, 0.717) is 23.5 Å². The largest absolute Gasteiger partial charge is 0.377 e. The van der Waals surface area contributed by atoms with Crippen molar-refractivity contribution in [2.45, 2.75) is 44.4 Å². The lowest BCUT2D eigenvalue weighted by Gasteiger charge is -2.63. The van der Waals surface area contributed by atoms with E-state index >= 15 is 0 Å². The molecular formula is C22H29N5O. The van der Waals surface area contributed by atoms with Crippen molar-refractivity contribution < 1.29 is 4.74 Å². The minimum atomic E-state index is 0.357. The summed E-state index contributed by atoms with van der Waals surface area (Å²) in [4.78, 5) is 6.77. The Bertz CT molecular complexity index is 857. The first-order valence-electron chi connectivity index (χ1n) is 10.4. The third kappa shape index (κ3) is 2.73. The number of rotatable bonds is 4. The molecule has 0 bridgehead atoms. The number of hydrogen-bond donors (Lipinski definition) is 1. The van der Waals surface area contributed by atoms with Crippen molar-refractivity contribution in [3.63, 3.8) is 0 Å². The summed E-state index contributed by atoms with van der Waals surface area (Å²) in [5, 5.41) is 8.31. The zero-order chi connectivity index (χ0) is 19.1. The second-order valence-corrected chi connectivity index (χ2v) is 8.48. The highest BCUT2D eigenvalue weighted by Crippen LogP contribution is 2.62. The standard InChI is InChI=1S/C22H29N5O/c1-23-21(25-19-18-9-12-28-20(18)22(19)10-6-11-22)26(2)14-16-13-24-27(15-16)17-7-4-3-5-8-17/h3-5,7-8,13,15,18-20H,6,9-12,14H2,1-2H3,(H,23,25). The van der Waals surface area contributed by atoms with Crippen LogP contribution in [0.15, 0.2) is 47.7 Å². The van der Waals surface area contributed by atoms with Gasteiger partial charge in [-0.2, -0.15) is 5.10 Å². The number of ether oxygens (including phenoxy) is 1. The van der Waals surface area contributed by atoms with Crippen LogP contribution in [-0.4, -0.2) is 53.5 Å². The molecule has 0 radical (unpaired) electrons. The summed E-state index contributed by atoms with van der Waals surface area (Å²) < 4.78 is 7.98. The van der Waals surface area contributed by atoms with Crippen LogP contribution in [0.1, 0.15) is 31.2 Å². The Kier molecular flexibility index (Phi) is 4.38. The van der Waals surface area contributed by atoms with Crippen LogP contribution in [0.5, 0.6) is 0 Å². The molecule has 148 valence electrons. The van der Waals surface area contributed by atoms with E-state index in [4.69, 9.17) is 4.74 Å². The average Bonchev–Trinajstić information content (AvgIpc) is 3.30. The molecule has 3 fully saturated rings. The number of para-hydroxylation sites is 1. The summed E-state index contributed by atoms with van der Waals surface area (Å²) in [5.74, 6) is 1.61. The smallest absolute Gasteiger partial charge is 0.193 e. The second-order valence-electron chi connectivity index (χ2n) is 8.48. The Morgan fingerprint density at radius 3 is 2.89 bits per heavy atom. The summed E-state index contributed by atoms with van der Waals surface area (Å²) in [6.45, 7) is 1.69. The first-order chi connectivity index (χ1) is 13.7. The molecule has 2 aromatic rings. The molecule has 3 atom stereocenters. The number of aromatic nitrogens is 2. The van der Waals surface area contributed by atoms with Gasteiger partial charge in [-0.1, -0.05) is 24.6 Å². The van der Waals surface area contributed by atoms with Gasteiger partial charge in [-0.3, -0.25) is 4.99 Å². The normalized spacial score (nSPS) is 27.8. The van der Waals surface area contributed by atoms with Gasteiger partial charge in [0.1, 0.15) is 0 Å². The fraction of sp³-hybridized carbons (Fsp3) is 0.545. The van der Waals surface area contributed by atoms with Gasteiger partial charge in [0.25, 0.3) is 0 Å². The van der Waals surface area contributed by atoms with Gasteiger partial charge in [0.15, 0.2) is 5.96 Å². The summed E-state index contributed by atoms with van der Waals surface area (Å²) in [6.07, 6.45) is 9.59. The SMILES string of the molecule is CN=C(NC1C2CCOC2C12CCC2)N(C)Cc1cnn(-c2ccccc2)c1. The maximum atomic E-state index is 6.05. The molecule has 5 rings (SSSR count). The van der Waals surface area contributed by atoms with Crippen molar-refractivity contribution in [3.05, 3.63) is 48.3 Å². The van der Waals surface area contributed by atoms with E-state index in [-0.39, 0.29) is 0 Å². The molecule has 2 aliphatic carbocycles. The van der Waals surface area contributed by atoms with Gasteiger partial charge in [-0.25, -0.2) is 4.68 Å². The number of nitrogens with one attached hydrogen (secondary N) is 1. The molecule has 1 aromatic heterocycles. The predicted molar refractivity (Wildman–Crippen MR) is 109 cm³/mol. The second kappa shape index (κ2) is 6.92. The van der Waals surface area contributed by atoms with Crippen molar-refractivity contribution in [2.24, 2.45) is 16.3 Å². The van der Waals surface area contributed by atoms with E-state index in [2.05, 4.69) is 45.7 Å². The number of nitrogens with zero attached hydrogens (tertiary/aromatic N) is 4. The minimum Gasteiger partial charge on any atom is -0.377 e. The van der Waals surface area contributed by atoms with Crippen molar-refractivity contribution in [1.29, 1.82) is 0 Å². The fourth-order valence-electron chi connectivity index (χ4n) is 5.45. The van der Waals surface area contributed by atoms with Crippen LogP contribution in [0.2, 0.25) is 0 Å². The molecule has 28 heavy (non-hydrogen) atoms. The van der Waals surface area contributed by atoms with E-state index in [0.717, 1.165) is 24.8 Å². The van der Waals surface area contributed by atoms with E-state index in [1.807, 2.05) is 36.1 Å².